The third-order valence-electron chi connectivity index (χ3n) is 1.54. The maximum absolute atomic E-state index is 10.7. The predicted octanol–water partition coefficient (Wildman–Crippen LogP) is -3.05. The van der Waals surface area contributed by atoms with E-state index in [1.807, 2.05) is 28.1 Å². The first-order valence-electron chi connectivity index (χ1n) is 3.52. The first-order valence-corrected chi connectivity index (χ1v) is 3.52. The van der Waals surface area contributed by atoms with Gasteiger partial charge in [0.25, 0.3) is 0 Å². The molecule has 0 saturated carbocycles. The number of nitrogens with zero attached hydrogens (tertiary/aromatic N) is 1. The van der Waals surface area contributed by atoms with Gasteiger partial charge in [-0.25, -0.2) is 4.79 Å². The largest absolute Gasteiger partial charge is 1.00 e. The van der Waals surface area contributed by atoms with Crippen molar-refractivity contribution in [2.45, 2.75) is 13.2 Å². The van der Waals surface area contributed by atoms with E-state index >= 15 is 0 Å². The Morgan fingerprint density at radius 3 is 2.08 bits per heavy atom. The molecule has 4 nitrogen and oxygen atoms in total. The van der Waals surface area contributed by atoms with Crippen LogP contribution in [-0.2, 0) is 9.53 Å². The molecule has 0 spiro atoms. The summed E-state index contributed by atoms with van der Waals surface area (Å²) in [6.45, 7) is 5.16. The van der Waals surface area contributed by atoms with Gasteiger partial charge in [-0.2, -0.15) is 0 Å². The van der Waals surface area contributed by atoms with Crippen molar-refractivity contribution in [3.05, 3.63) is 12.7 Å². The summed E-state index contributed by atoms with van der Waals surface area (Å²) >= 11 is 0. The molecule has 0 aliphatic heterocycles. The van der Waals surface area contributed by atoms with Crippen molar-refractivity contribution < 1.29 is 31.9 Å². The topological polar surface area (TPSA) is 57.8 Å². The molecule has 0 bridgehead atoms. The van der Waals surface area contributed by atoms with Crippen LogP contribution in [0.15, 0.2) is 12.7 Å². The Morgan fingerprint density at radius 2 is 1.85 bits per heavy atom. The molecule has 0 rings (SSSR count). The van der Waals surface area contributed by atoms with Crippen LogP contribution in [-0.4, -0.2) is 43.3 Å². The highest BCUT2D eigenvalue weighted by molar-refractivity contribution is 5.81. The molecule has 0 aromatic carbocycles. The van der Waals surface area contributed by atoms with E-state index < -0.39 is 0 Å². The molecular formula is C8H18ClNO3. The molecule has 1 atom stereocenters. The summed E-state index contributed by atoms with van der Waals surface area (Å²) in [6.07, 6.45) is 1.03. The molecular weight excluding hydrogens is 194 g/mol. The smallest absolute Gasteiger partial charge is 0.334 e. The van der Waals surface area contributed by atoms with Crippen molar-refractivity contribution in [1.29, 1.82) is 0 Å². The van der Waals surface area contributed by atoms with Gasteiger partial charge in [0, 0.05) is 13.0 Å². The van der Waals surface area contributed by atoms with E-state index in [1.165, 1.54) is 6.08 Å². The quantitative estimate of drug-likeness (QED) is 0.216. The van der Waals surface area contributed by atoms with E-state index in [0.717, 1.165) is 0 Å². The molecule has 0 aliphatic rings. The second-order valence-electron chi connectivity index (χ2n) is 3.36. The molecule has 0 fully saturated rings. The van der Waals surface area contributed by atoms with Crippen LogP contribution in [0.4, 0.5) is 0 Å². The van der Waals surface area contributed by atoms with Gasteiger partial charge in [-0.3, -0.25) is 4.48 Å². The SMILES string of the molecule is C=CC(=O)OC(C)[N+](C)(C)C.O.[Cl-]. The van der Waals surface area contributed by atoms with E-state index in [1.54, 1.807) is 0 Å². The molecule has 5 heteroatoms. The van der Waals surface area contributed by atoms with Gasteiger partial charge in [0.2, 0.25) is 6.23 Å². The highest BCUT2D eigenvalue weighted by Crippen LogP contribution is 2.03. The molecule has 1 unspecified atom stereocenters. The average molecular weight is 212 g/mol. The molecule has 0 saturated heterocycles. The van der Waals surface area contributed by atoms with Gasteiger partial charge in [0.15, 0.2) is 0 Å². The molecule has 2 N–H and O–H groups in total. The van der Waals surface area contributed by atoms with Crippen LogP contribution < -0.4 is 12.4 Å². The molecule has 0 aromatic heterocycles. The number of ether oxygens (including phenoxy) is 1. The number of carbonyl (C=O) groups is 1. The van der Waals surface area contributed by atoms with Crippen LogP contribution in [0.25, 0.3) is 0 Å². The summed E-state index contributed by atoms with van der Waals surface area (Å²) in [5, 5.41) is 0. The van der Waals surface area contributed by atoms with E-state index in [2.05, 4.69) is 6.58 Å². The van der Waals surface area contributed by atoms with Crippen molar-refractivity contribution in [3.8, 4) is 0 Å². The Labute approximate surface area is 85.5 Å². The van der Waals surface area contributed by atoms with E-state index in [4.69, 9.17) is 4.74 Å². The number of rotatable bonds is 3. The molecule has 0 radical (unpaired) electrons. The molecule has 80 valence electrons. The molecule has 13 heavy (non-hydrogen) atoms. The number of esters is 1. The number of halogens is 1. The Balaban J connectivity index is -0.000000500. The van der Waals surface area contributed by atoms with Crippen LogP contribution in [0.3, 0.4) is 0 Å². The second kappa shape index (κ2) is 6.88. The summed E-state index contributed by atoms with van der Waals surface area (Å²) < 4.78 is 5.58. The first kappa shape index (κ1) is 18.3. The van der Waals surface area contributed by atoms with Crippen LogP contribution in [0.5, 0.6) is 0 Å². The number of carbonyl (C=O) groups excluding carboxylic acids is 1. The normalized spacial score (nSPS) is 11.7. The summed E-state index contributed by atoms with van der Waals surface area (Å²) in [6, 6.07) is 0. The number of hydrogen-bond donors (Lipinski definition) is 0. The summed E-state index contributed by atoms with van der Waals surface area (Å²) in [4.78, 5) is 10.7. The summed E-state index contributed by atoms with van der Waals surface area (Å²) in [5.41, 5.74) is 0. The second-order valence-corrected chi connectivity index (χ2v) is 3.36. The van der Waals surface area contributed by atoms with Crippen LogP contribution in [0.2, 0.25) is 0 Å². The van der Waals surface area contributed by atoms with E-state index in [9.17, 15) is 4.79 Å². The summed E-state index contributed by atoms with van der Waals surface area (Å²) in [7, 11) is 5.88. The lowest BCUT2D eigenvalue weighted by atomic mass is 10.5. The van der Waals surface area contributed by atoms with Gasteiger partial charge in [-0.15, -0.1) is 0 Å². The zero-order chi connectivity index (χ0) is 9.07. The van der Waals surface area contributed by atoms with Gasteiger partial charge >= 0.3 is 5.97 Å². The zero-order valence-electron chi connectivity index (χ0n) is 8.50. The number of quaternary nitrogens is 1. The Bertz CT molecular complexity index is 165. The predicted molar refractivity (Wildman–Crippen MR) is 47.4 cm³/mol. The zero-order valence-corrected chi connectivity index (χ0v) is 9.26. The monoisotopic (exact) mass is 211 g/mol. The third kappa shape index (κ3) is 7.77. The van der Waals surface area contributed by atoms with Gasteiger partial charge in [0.05, 0.1) is 21.1 Å². The van der Waals surface area contributed by atoms with Crippen molar-refractivity contribution in [3.63, 3.8) is 0 Å². The maximum Gasteiger partial charge on any atom is 0.334 e. The van der Waals surface area contributed by atoms with Gasteiger partial charge in [-0.05, 0) is 0 Å². The molecule has 0 amide bonds. The fourth-order valence-corrected chi connectivity index (χ4v) is 0.374. The lowest BCUT2D eigenvalue weighted by Crippen LogP contribution is -3.00. The minimum Gasteiger partial charge on any atom is -1.00 e. The minimum atomic E-state index is -0.370. The lowest BCUT2D eigenvalue weighted by Gasteiger charge is -2.29. The lowest BCUT2D eigenvalue weighted by molar-refractivity contribution is -0.914. The van der Waals surface area contributed by atoms with E-state index in [0.29, 0.717) is 4.48 Å². The minimum absolute atomic E-state index is 0. The Kier molecular flexibility index (Phi) is 9.67. The van der Waals surface area contributed by atoms with Gasteiger partial charge in [0.1, 0.15) is 0 Å². The van der Waals surface area contributed by atoms with Crippen molar-refractivity contribution >= 4 is 5.97 Å². The number of hydrogen-bond acceptors (Lipinski definition) is 2. The average Bonchev–Trinajstić information content (AvgIpc) is 1.85. The van der Waals surface area contributed by atoms with Gasteiger partial charge in [-0.1, -0.05) is 6.58 Å². The molecule has 0 heterocycles. The summed E-state index contributed by atoms with van der Waals surface area (Å²) in [5.74, 6) is -0.370. The highest BCUT2D eigenvalue weighted by Gasteiger charge is 2.20. The molecule has 0 aromatic rings. The molecule has 0 aliphatic carbocycles. The third-order valence-corrected chi connectivity index (χ3v) is 1.54. The van der Waals surface area contributed by atoms with Crippen LogP contribution >= 0.6 is 0 Å². The standard InChI is InChI=1S/C8H16NO2.ClH.H2O/c1-6-8(10)11-7(2)9(3,4)5;;/h6-7H,1H2,2-5H3;1H;1H2/q+1;;/p-1. The Morgan fingerprint density at radius 1 is 1.46 bits per heavy atom. The van der Waals surface area contributed by atoms with Crippen LogP contribution in [0.1, 0.15) is 6.92 Å². The van der Waals surface area contributed by atoms with Crippen molar-refractivity contribution in [1.82, 2.24) is 0 Å². The first-order chi connectivity index (χ1) is 4.88. The van der Waals surface area contributed by atoms with E-state index in [-0.39, 0.29) is 30.1 Å². The fraction of sp³-hybridized carbons (Fsp3) is 0.625. The van der Waals surface area contributed by atoms with Crippen molar-refractivity contribution in [2.24, 2.45) is 0 Å². The highest BCUT2D eigenvalue weighted by atomic mass is 35.5. The maximum atomic E-state index is 10.7. The van der Waals surface area contributed by atoms with Crippen molar-refractivity contribution in [2.75, 3.05) is 21.1 Å². The Hall–Kier alpha value is -0.580. The van der Waals surface area contributed by atoms with Gasteiger partial charge < -0.3 is 22.6 Å². The van der Waals surface area contributed by atoms with Crippen LogP contribution in [0, 0.1) is 0 Å². The fourth-order valence-electron chi connectivity index (χ4n) is 0.374.